The summed E-state index contributed by atoms with van der Waals surface area (Å²) in [5, 5.41) is 4.76. The average Bonchev–Trinajstić information content (AvgIpc) is 3.19. The van der Waals surface area contributed by atoms with E-state index in [1.165, 1.54) is 18.5 Å². The minimum atomic E-state index is -0.130. The van der Waals surface area contributed by atoms with Crippen LogP contribution >= 0.6 is 0 Å². The Bertz CT molecular complexity index is 812. The first-order valence-electron chi connectivity index (χ1n) is 10.5. The van der Waals surface area contributed by atoms with Crippen LogP contribution in [0.15, 0.2) is 36.4 Å². The molecule has 28 heavy (non-hydrogen) atoms. The minimum absolute atomic E-state index is 0.00394. The normalized spacial score (nSPS) is 19.8. The number of benzene rings is 1. The van der Waals surface area contributed by atoms with Crippen molar-refractivity contribution < 1.29 is 9.53 Å². The molecule has 1 aliphatic carbocycles. The van der Waals surface area contributed by atoms with Crippen molar-refractivity contribution in [3.05, 3.63) is 53.3 Å². The first-order chi connectivity index (χ1) is 13.4. The van der Waals surface area contributed by atoms with Crippen molar-refractivity contribution in [1.29, 1.82) is 0 Å². The molecular weight excluding hydrogens is 350 g/mol. The zero-order valence-corrected chi connectivity index (χ0v) is 17.2. The number of hydrogen-bond acceptors (Lipinski definition) is 3. The number of carbonyl (C=O) groups excluding carboxylic acids is 1. The topological polar surface area (TPSA) is 47.4 Å². The molecule has 2 aliphatic rings. The van der Waals surface area contributed by atoms with E-state index in [4.69, 9.17) is 9.84 Å². The van der Waals surface area contributed by atoms with Gasteiger partial charge >= 0.3 is 0 Å². The molecule has 1 unspecified atom stereocenters. The van der Waals surface area contributed by atoms with E-state index >= 15 is 0 Å². The molecule has 1 saturated carbocycles. The Morgan fingerprint density at radius 2 is 1.96 bits per heavy atom. The molecule has 0 spiro atoms. The summed E-state index contributed by atoms with van der Waals surface area (Å²) in [4.78, 5) is 15.4. The summed E-state index contributed by atoms with van der Waals surface area (Å²) in [6.07, 6.45) is 4.60. The predicted octanol–water partition coefficient (Wildman–Crippen LogP) is 4.34. The van der Waals surface area contributed by atoms with Crippen molar-refractivity contribution in [2.45, 2.75) is 70.6 Å². The Morgan fingerprint density at radius 3 is 2.57 bits per heavy atom. The van der Waals surface area contributed by atoms with Gasteiger partial charge in [-0.1, -0.05) is 30.3 Å². The monoisotopic (exact) mass is 381 g/mol. The fraction of sp³-hybridized carbons (Fsp3) is 0.565. The number of carbonyl (C=O) groups is 1. The molecule has 1 aliphatic heterocycles. The third kappa shape index (κ3) is 4.30. The lowest BCUT2D eigenvalue weighted by atomic mass is 10.1. The van der Waals surface area contributed by atoms with Crippen molar-refractivity contribution in [2.75, 3.05) is 13.2 Å². The number of aromatic nitrogens is 2. The zero-order valence-electron chi connectivity index (χ0n) is 17.2. The summed E-state index contributed by atoms with van der Waals surface area (Å²) in [7, 11) is 0. The zero-order chi connectivity index (χ0) is 19.7. The molecule has 1 saturated heterocycles. The van der Waals surface area contributed by atoms with Gasteiger partial charge in [0.05, 0.1) is 11.6 Å². The predicted molar refractivity (Wildman–Crippen MR) is 109 cm³/mol. The third-order valence-electron chi connectivity index (χ3n) is 5.54. The molecule has 2 heterocycles. The van der Waals surface area contributed by atoms with Crippen LogP contribution in [0.1, 0.15) is 74.1 Å². The van der Waals surface area contributed by atoms with E-state index in [1.807, 2.05) is 29.2 Å². The van der Waals surface area contributed by atoms with Gasteiger partial charge in [-0.2, -0.15) is 5.10 Å². The first kappa shape index (κ1) is 19.2. The summed E-state index contributed by atoms with van der Waals surface area (Å²) in [6.45, 7) is 8.44. The van der Waals surface area contributed by atoms with Gasteiger partial charge in [0, 0.05) is 31.3 Å². The van der Waals surface area contributed by atoms with E-state index in [1.54, 1.807) is 0 Å². The Labute approximate surface area is 167 Å². The molecule has 1 amide bonds. The van der Waals surface area contributed by atoms with Crippen LogP contribution in [0.2, 0.25) is 0 Å². The van der Waals surface area contributed by atoms with Crippen molar-refractivity contribution in [3.8, 4) is 0 Å². The summed E-state index contributed by atoms with van der Waals surface area (Å²) in [5.74, 6) is 0.554. The van der Waals surface area contributed by atoms with Crippen LogP contribution in [0.3, 0.4) is 0 Å². The first-order valence-corrected chi connectivity index (χ1v) is 10.5. The van der Waals surface area contributed by atoms with Crippen LogP contribution in [0.5, 0.6) is 0 Å². The highest BCUT2D eigenvalue weighted by Crippen LogP contribution is 2.41. The van der Waals surface area contributed by atoms with Crippen molar-refractivity contribution in [1.82, 2.24) is 14.7 Å². The fourth-order valence-corrected chi connectivity index (χ4v) is 3.93. The summed E-state index contributed by atoms with van der Waals surface area (Å²) in [5.41, 5.74) is 2.76. The molecule has 0 bridgehead atoms. The van der Waals surface area contributed by atoms with Gasteiger partial charge in [-0.15, -0.1) is 0 Å². The van der Waals surface area contributed by atoms with Crippen LogP contribution in [0.25, 0.3) is 0 Å². The molecule has 5 nitrogen and oxygen atoms in total. The molecule has 5 heteroatoms. The highest BCUT2D eigenvalue weighted by atomic mass is 16.5. The van der Waals surface area contributed by atoms with E-state index in [0.717, 1.165) is 25.0 Å². The number of nitrogens with zero attached hydrogens (tertiary/aromatic N) is 3. The van der Waals surface area contributed by atoms with Gasteiger partial charge in [0.2, 0.25) is 0 Å². The molecule has 150 valence electrons. The Kier molecular flexibility index (Phi) is 5.28. The number of ether oxygens (including phenoxy) is 1. The summed E-state index contributed by atoms with van der Waals surface area (Å²) in [6, 6.07) is 12.2. The Morgan fingerprint density at radius 1 is 1.21 bits per heavy atom. The minimum Gasteiger partial charge on any atom is -0.376 e. The van der Waals surface area contributed by atoms with Gasteiger partial charge in [-0.3, -0.25) is 9.48 Å². The maximum Gasteiger partial charge on any atom is 0.274 e. The number of hydrogen-bond donors (Lipinski definition) is 0. The quantitative estimate of drug-likeness (QED) is 0.748. The van der Waals surface area contributed by atoms with Crippen LogP contribution in [-0.2, 0) is 16.8 Å². The summed E-state index contributed by atoms with van der Waals surface area (Å²) >= 11 is 0. The molecule has 1 aromatic heterocycles. The lowest BCUT2D eigenvalue weighted by Gasteiger charge is -2.25. The highest BCUT2D eigenvalue weighted by Gasteiger charge is 2.34. The molecule has 2 aromatic rings. The largest absolute Gasteiger partial charge is 0.376 e. The van der Waals surface area contributed by atoms with Gasteiger partial charge in [0.1, 0.15) is 0 Å². The average molecular weight is 382 g/mol. The lowest BCUT2D eigenvalue weighted by Crippen LogP contribution is -2.37. The second kappa shape index (κ2) is 7.70. The maximum atomic E-state index is 13.5. The van der Waals surface area contributed by atoms with Gasteiger partial charge in [0.25, 0.3) is 5.91 Å². The highest BCUT2D eigenvalue weighted by molar-refractivity contribution is 5.92. The van der Waals surface area contributed by atoms with Crippen LogP contribution in [0, 0.1) is 0 Å². The van der Waals surface area contributed by atoms with Crippen molar-refractivity contribution >= 4 is 5.91 Å². The van der Waals surface area contributed by atoms with Gasteiger partial charge in [0.15, 0.2) is 5.69 Å². The molecule has 2 fully saturated rings. The molecule has 0 radical (unpaired) electrons. The Balaban J connectivity index is 1.60. The second-order valence-electron chi connectivity index (χ2n) is 9.12. The van der Waals surface area contributed by atoms with Crippen LogP contribution in [0.4, 0.5) is 0 Å². The smallest absolute Gasteiger partial charge is 0.274 e. The summed E-state index contributed by atoms with van der Waals surface area (Å²) < 4.78 is 7.88. The maximum absolute atomic E-state index is 13.5. The van der Waals surface area contributed by atoms with Gasteiger partial charge in [-0.05, 0) is 58.1 Å². The van der Waals surface area contributed by atoms with Gasteiger partial charge in [-0.25, -0.2) is 0 Å². The van der Waals surface area contributed by atoms with E-state index in [9.17, 15) is 4.79 Å². The third-order valence-corrected chi connectivity index (χ3v) is 5.54. The van der Waals surface area contributed by atoms with Crippen LogP contribution < -0.4 is 0 Å². The molecule has 4 rings (SSSR count). The van der Waals surface area contributed by atoms with E-state index in [2.05, 4.69) is 37.6 Å². The standard InChI is InChI=1S/C23H31N3O2/c1-23(2,3)26-21(18-11-12-18)14-20(24-26)22(27)25(16-19-10-7-13-28-19)15-17-8-5-4-6-9-17/h4-6,8-9,14,18-19H,7,10-13,15-16H2,1-3H3. The van der Waals surface area contributed by atoms with Crippen LogP contribution in [-0.4, -0.2) is 39.8 Å². The van der Waals surface area contributed by atoms with E-state index in [0.29, 0.717) is 24.7 Å². The number of amides is 1. The van der Waals surface area contributed by atoms with E-state index < -0.39 is 0 Å². The fourth-order valence-electron chi connectivity index (χ4n) is 3.93. The molecule has 1 aromatic carbocycles. The van der Waals surface area contributed by atoms with Crippen molar-refractivity contribution in [2.24, 2.45) is 0 Å². The van der Waals surface area contributed by atoms with E-state index in [-0.39, 0.29) is 17.6 Å². The van der Waals surface area contributed by atoms with Crippen molar-refractivity contribution in [3.63, 3.8) is 0 Å². The Hall–Kier alpha value is -2.14. The number of rotatable bonds is 6. The lowest BCUT2D eigenvalue weighted by molar-refractivity contribution is 0.0501. The second-order valence-corrected chi connectivity index (χ2v) is 9.12. The molecule has 0 N–H and O–H groups in total. The SMILES string of the molecule is CC(C)(C)n1nc(C(=O)N(Cc2ccccc2)CC2CCCO2)cc1C1CC1. The molecule has 1 atom stereocenters. The molecular formula is C23H31N3O2. The van der Waals surface area contributed by atoms with Gasteiger partial charge < -0.3 is 9.64 Å².